The van der Waals surface area contributed by atoms with Crippen LogP contribution in [0.3, 0.4) is 0 Å². The van der Waals surface area contributed by atoms with E-state index in [-0.39, 0.29) is 11.7 Å². The summed E-state index contributed by atoms with van der Waals surface area (Å²) in [4.78, 5) is 16.8. The zero-order valence-corrected chi connectivity index (χ0v) is 15.5. The van der Waals surface area contributed by atoms with Crippen LogP contribution >= 0.6 is 0 Å². The number of carbonyl (C=O) groups excluding carboxylic acids is 1. The fraction of sp³-hybridized carbons (Fsp3) is 0.143. The van der Waals surface area contributed by atoms with Crippen molar-refractivity contribution >= 4 is 17.4 Å². The summed E-state index contributed by atoms with van der Waals surface area (Å²) in [6.45, 7) is 0.463. The van der Waals surface area contributed by atoms with Crippen LogP contribution in [0, 0.1) is 5.82 Å². The summed E-state index contributed by atoms with van der Waals surface area (Å²) in [5, 5.41) is 5.94. The second-order valence-corrected chi connectivity index (χ2v) is 5.93. The number of hydrogen-bond acceptors (Lipinski definition) is 5. The number of rotatable bonds is 7. The van der Waals surface area contributed by atoms with E-state index < -0.39 is 0 Å². The molecule has 0 unspecified atom stereocenters. The van der Waals surface area contributed by atoms with Crippen LogP contribution < -0.4 is 20.1 Å². The molecule has 6 nitrogen and oxygen atoms in total. The fourth-order valence-corrected chi connectivity index (χ4v) is 2.56. The van der Waals surface area contributed by atoms with Gasteiger partial charge in [0.15, 0.2) is 0 Å². The lowest BCUT2D eigenvalue weighted by atomic mass is 10.2. The van der Waals surface area contributed by atoms with Gasteiger partial charge in [-0.2, -0.15) is 0 Å². The molecule has 0 fully saturated rings. The van der Waals surface area contributed by atoms with Gasteiger partial charge in [0.05, 0.1) is 19.9 Å². The largest absolute Gasteiger partial charge is 0.497 e. The third-order valence-corrected chi connectivity index (χ3v) is 4.07. The van der Waals surface area contributed by atoms with Crippen LogP contribution in [0.1, 0.15) is 15.9 Å². The molecule has 3 rings (SSSR count). The van der Waals surface area contributed by atoms with Gasteiger partial charge in [0, 0.05) is 24.4 Å². The number of halogens is 1. The summed E-state index contributed by atoms with van der Waals surface area (Å²) in [7, 11) is 3.08. The van der Waals surface area contributed by atoms with Gasteiger partial charge in [0.1, 0.15) is 23.1 Å². The number of methoxy groups -OCH3 is 2. The van der Waals surface area contributed by atoms with Gasteiger partial charge in [-0.05, 0) is 42.0 Å². The van der Waals surface area contributed by atoms with Crippen LogP contribution in [0.5, 0.6) is 11.5 Å². The number of benzene rings is 2. The number of amides is 1. The van der Waals surface area contributed by atoms with Gasteiger partial charge in [0.25, 0.3) is 5.91 Å². The van der Waals surface area contributed by atoms with Crippen molar-refractivity contribution in [2.45, 2.75) is 6.54 Å². The molecule has 1 heterocycles. The van der Waals surface area contributed by atoms with Gasteiger partial charge in [-0.1, -0.05) is 12.1 Å². The number of aromatic nitrogens is 1. The minimum atomic E-state index is -0.296. The van der Waals surface area contributed by atoms with Gasteiger partial charge in [-0.25, -0.2) is 9.37 Å². The molecular weight excluding hydrogens is 361 g/mol. The molecule has 2 N–H and O–H groups in total. The number of ether oxygens (including phenoxy) is 2. The first-order valence-corrected chi connectivity index (χ1v) is 8.57. The number of nitrogens with one attached hydrogen (secondary N) is 2. The summed E-state index contributed by atoms with van der Waals surface area (Å²) in [5.74, 6) is 1.09. The Labute approximate surface area is 162 Å². The monoisotopic (exact) mass is 381 g/mol. The van der Waals surface area contributed by atoms with E-state index in [4.69, 9.17) is 9.47 Å². The summed E-state index contributed by atoms with van der Waals surface area (Å²) in [6.07, 6.45) is 1.55. The minimum absolute atomic E-state index is 0.283. The second-order valence-electron chi connectivity index (χ2n) is 5.93. The van der Waals surface area contributed by atoms with Crippen LogP contribution in [0.15, 0.2) is 60.8 Å². The second kappa shape index (κ2) is 8.85. The van der Waals surface area contributed by atoms with Crippen molar-refractivity contribution in [3.63, 3.8) is 0 Å². The first kappa shape index (κ1) is 19.2. The third-order valence-electron chi connectivity index (χ3n) is 4.07. The molecule has 144 valence electrons. The van der Waals surface area contributed by atoms with Crippen molar-refractivity contribution < 1.29 is 18.7 Å². The lowest BCUT2D eigenvalue weighted by molar-refractivity contribution is 0.102. The molecule has 0 bridgehead atoms. The maximum Gasteiger partial charge on any atom is 0.255 e. The van der Waals surface area contributed by atoms with E-state index in [2.05, 4.69) is 15.6 Å². The molecule has 0 aliphatic rings. The molecule has 0 atom stereocenters. The molecule has 28 heavy (non-hydrogen) atoms. The highest BCUT2D eigenvalue weighted by atomic mass is 19.1. The summed E-state index contributed by atoms with van der Waals surface area (Å²) in [5.41, 5.74) is 1.88. The van der Waals surface area contributed by atoms with Gasteiger partial charge < -0.3 is 20.1 Å². The Hall–Kier alpha value is -3.61. The predicted molar refractivity (Wildman–Crippen MR) is 105 cm³/mol. The molecule has 0 saturated heterocycles. The Morgan fingerprint density at radius 1 is 1.04 bits per heavy atom. The fourth-order valence-electron chi connectivity index (χ4n) is 2.56. The van der Waals surface area contributed by atoms with E-state index in [0.717, 1.165) is 5.56 Å². The minimum Gasteiger partial charge on any atom is -0.497 e. The van der Waals surface area contributed by atoms with Crippen LogP contribution in [0.2, 0.25) is 0 Å². The van der Waals surface area contributed by atoms with Crippen LogP contribution in [0.4, 0.5) is 15.9 Å². The molecule has 1 amide bonds. The first-order chi connectivity index (χ1) is 13.6. The van der Waals surface area contributed by atoms with E-state index in [0.29, 0.717) is 35.1 Å². The lowest BCUT2D eigenvalue weighted by Crippen LogP contribution is -2.13. The standard InChI is InChI=1S/C21H20FN3O3/c1-27-17-7-8-18(19(12-17)28-2)25-21(26)15-9-10-23-20(11-15)24-13-14-3-5-16(22)6-4-14/h3-12H,13H2,1-2H3,(H,23,24)(H,25,26). The number of hydrogen-bond donors (Lipinski definition) is 2. The van der Waals surface area contributed by atoms with Crippen LogP contribution in [-0.4, -0.2) is 25.1 Å². The average molecular weight is 381 g/mol. The van der Waals surface area contributed by atoms with Gasteiger partial charge in [-0.3, -0.25) is 4.79 Å². The maximum absolute atomic E-state index is 13.0. The number of carbonyl (C=O) groups is 1. The third kappa shape index (κ3) is 4.76. The predicted octanol–water partition coefficient (Wildman–Crippen LogP) is 4.10. The zero-order chi connectivity index (χ0) is 19.9. The van der Waals surface area contributed by atoms with Crippen molar-refractivity contribution in [3.8, 4) is 11.5 Å². The maximum atomic E-state index is 13.0. The van der Waals surface area contributed by atoms with Gasteiger partial charge >= 0.3 is 0 Å². The molecule has 2 aromatic carbocycles. The lowest BCUT2D eigenvalue weighted by Gasteiger charge is -2.12. The van der Waals surface area contributed by atoms with E-state index in [1.807, 2.05) is 0 Å². The van der Waals surface area contributed by atoms with E-state index in [1.165, 1.54) is 19.2 Å². The Morgan fingerprint density at radius 2 is 1.82 bits per heavy atom. The normalized spacial score (nSPS) is 10.2. The highest BCUT2D eigenvalue weighted by Gasteiger charge is 2.12. The zero-order valence-electron chi connectivity index (χ0n) is 15.5. The van der Waals surface area contributed by atoms with Crippen molar-refractivity contribution in [1.29, 1.82) is 0 Å². The molecule has 1 aromatic heterocycles. The van der Waals surface area contributed by atoms with E-state index in [9.17, 15) is 9.18 Å². The SMILES string of the molecule is COc1ccc(NC(=O)c2ccnc(NCc3ccc(F)cc3)c2)c(OC)c1. The molecule has 0 saturated carbocycles. The molecule has 3 aromatic rings. The summed E-state index contributed by atoms with van der Waals surface area (Å²) >= 11 is 0. The van der Waals surface area contributed by atoms with Crippen molar-refractivity contribution in [2.24, 2.45) is 0 Å². The van der Waals surface area contributed by atoms with Crippen LogP contribution in [0.25, 0.3) is 0 Å². The average Bonchev–Trinajstić information content (AvgIpc) is 2.73. The molecule has 0 spiro atoms. The molecule has 0 aliphatic carbocycles. The number of nitrogens with zero attached hydrogens (tertiary/aromatic N) is 1. The van der Waals surface area contributed by atoms with E-state index >= 15 is 0 Å². The summed E-state index contributed by atoms with van der Waals surface area (Å²) < 4.78 is 23.4. The molecular formula is C21H20FN3O3. The highest BCUT2D eigenvalue weighted by molar-refractivity contribution is 6.05. The number of anilines is 2. The van der Waals surface area contributed by atoms with Crippen molar-refractivity contribution in [1.82, 2.24) is 4.98 Å². The smallest absolute Gasteiger partial charge is 0.255 e. The Bertz CT molecular complexity index is 961. The Balaban J connectivity index is 1.69. The highest BCUT2D eigenvalue weighted by Crippen LogP contribution is 2.29. The van der Waals surface area contributed by atoms with Crippen molar-refractivity contribution in [2.75, 3.05) is 24.9 Å². The van der Waals surface area contributed by atoms with Crippen LogP contribution in [-0.2, 0) is 6.54 Å². The van der Waals surface area contributed by atoms with Gasteiger partial charge in [0.2, 0.25) is 0 Å². The van der Waals surface area contributed by atoms with Gasteiger partial charge in [-0.15, -0.1) is 0 Å². The quantitative estimate of drug-likeness (QED) is 0.645. The molecule has 0 aliphatic heterocycles. The Morgan fingerprint density at radius 3 is 2.54 bits per heavy atom. The molecule has 0 radical (unpaired) electrons. The number of pyridine rings is 1. The van der Waals surface area contributed by atoms with Crippen molar-refractivity contribution in [3.05, 3.63) is 77.7 Å². The topological polar surface area (TPSA) is 72.5 Å². The molecule has 7 heteroatoms. The summed E-state index contributed by atoms with van der Waals surface area (Å²) in [6, 6.07) is 14.6. The van der Waals surface area contributed by atoms with E-state index in [1.54, 1.807) is 55.8 Å². The first-order valence-electron chi connectivity index (χ1n) is 8.57. The Kier molecular flexibility index (Phi) is 6.06.